The number of aromatic nitrogens is 1. The van der Waals surface area contributed by atoms with Crippen molar-refractivity contribution < 1.29 is 9.59 Å². The summed E-state index contributed by atoms with van der Waals surface area (Å²) in [6.45, 7) is 0.995. The van der Waals surface area contributed by atoms with Gasteiger partial charge >= 0.3 is 6.03 Å². The second kappa shape index (κ2) is 4.74. The highest BCUT2D eigenvalue weighted by atomic mass is 16.2. The van der Waals surface area contributed by atoms with E-state index in [1.165, 1.54) is 0 Å². The quantitative estimate of drug-likeness (QED) is 0.773. The Balaban J connectivity index is 1.91. The number of rotatable bonds is 1. The largest absolute Gasteiger partial charge is 0.324 e. The summed E-state index contributed by atoms with van der Waals surface area (Å²) in [7, 11) is 0. The van der Waals surface area contributed by atoms with Gasteiger partial charge in [0.1, 0.15) is 11.6 Å². The highest BCUT2D eigenvalue weighted by Gasteiger charge is 2.20. The molecule has 0 aliphatic carbocycles. The zero-order valence-electron chi connectivity index (χ0n) is 8.85. The highest BCUT2D eigenvalue weighted by molar-refractivity contribution is 5.90. The summed E-state index contributed by atoms with van der Waals surface area (Å²) >= 11 is 0. The van der Waals surface area contributed by atoms with Crippen LogP contribution in [-0.2, 0) is 4.79 Å². The van der Waals surface area contributed by atoms with Crippen molar-refractivity contribution in [3.8, 4) is 0 Å². The van der Waals surface area contributed by atoms with Crippen molar-refractivity contribution in [3.63, 3.8) is 0 Å². The molecule has 0 atom stereocenters. The Hall–Kier alpha value is -1.91. The minimum atomic E-state index is -0.189. The van der Waals surface area contributed by atoms with Gasteiger partial charge in [0.15, 0.2) is 0 Å². The fourth-order valence-corrected chi connectivity index (χ4v) is 1.58. The van der Waals surface area contributed by atoms with Crippen LogP contribution in [0.1, 0.15) is 12.8 Å². The molecule has 0 spiro atoms. The van der Waals surface area contributed by atoms with Crippen molar-refractivity contribution >= 4 is 17.6 Å². The molecule has 0 radical (unpaired) electrons. The lowest BCUT2D eigenvalue weighted by Crippen LogP contribution is -2.41. The van der Waals surface area contributed by atoms with Crippen LogP contribution >= 0.6 is 0 Å². The molecule has 0 aromatic carbocycles. The Morgan fingerprint density at radius 2 is 2.06 bits per heavy atom. The number of carbonyl (C=O) groups excluding carboxylic acids is 2. The first kappa shape index (κ1) is 10.6. The standard InChI is InChI=1S/C11H13N3O2/c15-9-4-7-14(8-5-9)11(16)13-10-3-1-2-6-12-10/h1-3,6H,4-5,7-8H2,(H,12,13,16). The minimum Gasteiger partial charge on any atom is -0.324 e. The van der Waals surface area contributed by atoms with Gasteiger partial charge in [-0.05, 0) is 12.1 Å². The molecule has 16 heavy (non-hydrogen) atoms. The van der Waals surface area contributed by atoms with E-state index in [2.05, 4.69) is 10.3 Å². The maximum atomic E-state index is 11.7. The van der Waals surface area contributed by atoms with Crippen LogP contribution in [-0.4, -0.2) is 34.8 Å². The molecule has 1 saturated heterocycles. The van der Waals surface area contributed by atoms with Gasteiger partial charge in [-0.2, -0.15) is 0 Å². The molecular weight excluding hydrogens is 206 g/mol. The molecule has 5 nitrogen and oxygen atoms in total. The van der Waals surface area contributed by atoms with Gasteiger partial charge in [-0.15, -0.1) is 0 Å². The van der Waals surface area contributed by atoms with Crippen LogP contribution < -0.4 is 5.32 Å². The van der Waals surface area contributed by atoms with E-state index in [-0.39, 0.29) is 11.8 Å². The molecule has 1 aliphatic heterocycles. The van der Waals surface area contributed by atoms with E-state index in [0.29, 0.717) is 31.7 Å². The SMILES string of the molecule is O=C1CCN(C(=O)Nc2ccccn2)CC1. The van der Waals surface area contributed by atoms with E-state index in [1.807, 2.05) is 6.07 Å². The number of piperidine rings is 1. The molecule has 0 bridgehead atoms. The summed E-state index contributed by atoms with van der Waals surface area (Å²) in [5.41, 5.74) is 0. The molecule has 2 amide bonds. The van der Waals surface area contributed by atoms with Gasteiger partial charge in [0.25, 0.3) is 0 Å². The van der Waals surface area contributed by atoms with E-state index >= 15 is 0 Å². The maximum absolute atomic E-state index is 11.7. The molecule has 84 valence electrons. The summed E-state index contributed by atoms with van der Waals surface area (Å²) in [6.07, 6.45) is 2.53. The zero-order chi connectivity index (χ0) is 11.4. The number of Topliss-reactive ketones (excluding diaryl/α,β-unsaturated/α-hetero) is 1. The molecule has 0 unspecified atom stereocenters. The van der Waals surface area contributed by atoms with Gasteiger partial charge < -0.3 is 4.90 Å². The molecule has 1 aromatic rings. The number of pyridine rings is 1. The lowest BCUT2D eigenvalue weighted by Gasteiger charge is -2.25. The van der Waals surface area contributed by atoms with E-state index in [0.717, 1.165) is 0 Å². The predicted octanol–water partition coefficient (Wildman–Crippen LogP) is 1.28. The van der Waals surface area contributed by atoms with Crippen molar-refractivity contribution in [1.29, 1.82) is 0 Å². The number of anilines is 1. The number of amides is 2. The number of urea groups is 1. The Kier molecular flexibility index (Phi) is 3.14. The van der Waals surface area contributed by atoms with Crippen molar-refractivity contribution in [2.75, 3.05) is 18.4 Å². The zero-order valence-corrected chi connectivity index (χ0v) is 8.85. The fourth-order valence-electron chi connectivity index (χ4n) is 1.58. The third-order valence-corrected chi connectivity index (χ3v) is 2.51. The number of nitrogens with one attached hydrogen (secondary N) is 1. The van der Waals surface area contributed by atoms with Gasteiger partial charge in [0, 0.05) is 32.1 Å². The average molecular weight is 219 g/mol. The van der Waals surface area contributed by atoms with E-state index in [9.17, 15) is 9.59 Å². The number of likely N-dealkylation sites (tertiary alicyclic amines) is 1. The van der Waals surface area contributed by atoms with Crippen LogP contribution in [0.2, 0.25) is 0 Å². The predicted molar refractivity (Wildman–Crippen MR) is 59.1 cm³/mol. The van der Waals surface area contributed by atoms with Crippen molar-refractivity contribution in [2.24, 2.45) is 0 Å². The topological polar surface area (TPSA) is 62.3 Å². The first-order valence-electron chi connectivity index (χ1n) is 5.24. The molecular formula is C11H13N3O2. The Morgan fingerprint density at radius 3 is 2.69 bits per heavy atom. The van der Waals surface area contributed by atoms with Crippen LogP contribution in [0.15, 0.2) is 24.4 Å². The average Bonchev–Trinajstić information content (AvgIpc) is 2.31. The molecule has 0 saturated carbocycles. The van der Waals surface area contributed by atoms with E-state index < -0.39 is 0 Å². The van der Waals surface area contributed by atoms with Gasteiger partial charge in [0.05, 0.1) is 0 Å². The van der Waals surface area contributed by atoms with Gasteiger partial charge in [-0.1, -0.05) is 6.07 Å². The van der Waals surface area contributed by atoms with Crippen LogP contribution in [0.5, 0.6) is 0 Å². The molecule has 1 fully saturated rings. The Labute approximate surface area is 93.5 Å². The smallest absolute Gasteiger partial charge is 0.323 e. The second-order valence-corrected chi connectivity index (χ2v) is 3.67. The highest BCUT2D eigenvalue weighted by Crippen LogP contribution is 2.08. The first-order valence-corrected chi connectivity index (χ1v) is 5.24. The third-order valence-electron chi connectivity index (χ3n) is 2.51. The second-order valence-electron chi connectivity index (χ2n) is 3.67. The van der Waals surface area contributed by atoms with E-state index in [1.54, 1.807) is 23.2 Å². The molecule has 1 aliphatic rings. The maximum Gasteiger partial charge on any atom is 0.323 e. The lowest BCUT2D eigenvalue weighted by atomic mass is 10.1. The van der Waals surface area contributed by atoms with Crippen LogP contribution in [0.4, 0.5) is 10.6 Å². The van der Waals surface area contributed by atoms with Gasteiger partial charge in [-0.3, -0.25) is 10.1 Å². The Morgan fingerprint density at radius 1 is 1.31 bits per heavy atom. The normalized spacial score (nSPS) is 16.0. The molecule has 1 N–H and O–H groups in total. The minimum absolute atomic E-state index is 0.189. The number of nitrogens with zero attached hydrogens (tertiary/aromatic N) is 2. The first-order chi connectivity index (χ1) is 7.75. The summed E-state index contributed by atoms with van der Waals surface area (Å²) in [5.74, 6) is 0.756. The van der Waals surface area contributed by atoms with Crippen molar-refractivity contribution in [3.05, 3.63) is 24.4 Å². The molecule has 2 rings (SSSR count). The van der Waals surface area contributed by atoms with Gasteiger partial charge in [-0.25, -0.2) is 9.78 Å². The Bertz CT molecular complexity index is 381. The molecule has 2 heterocycles. The van der Waals surface area contributed by atoms with Crippen LogP contribution in [0, 0.1) is 0 Å². The van der Waals surface area contributed by atoms with Crippen LogP contribution in [0.3, 0.4) is 0 Å². The lowest BCUT2D eigenvalue weighted by molar-refractivity contribution is -0.120. The number of hydrogen-bond acceptors (Lipinski definition) is 3. The fraction of sp³-hybridized carbons (Fsp3) is 0.364. The summed E-state index contributed by atoms with van der Waals surface area (Å²) in [4.78, 5) is 28.4. The summed E-state index contributed by atoms with van der Waals surface area (Å²) in [5, 5.41) is 2.69. The summed E-state index contributed by atoms with van der Waals surface area (Å²) < 4.78 is 0. The number of ketones is 1. The van der Waals surface area contributed by atoms with Gasteiger partial charge in [0.2, 0.25) is 0 Å². The van der Waals surface area contributed by atoms with E-state index in [4.69, 9.17) is 0 Å². The number of hydrogen-bond donors (Lipinski definition) is 1. The molecule has 5 heteroatoms. The van der Waals surface area contributed by atoms with Crippen molar-refractivity contribution in [1.82, 2.24) is 9.88 Å². The van der Waals surface area contributed by atoms with Crippen molar-refractivity contribution in [2.45, 2.75) is 12.8 Å². The van der Waals surface area contributed by atoms with Crippen LogP contribution in [0.25, 0.3) is 0 Å². The summed E-state index contributed by atoms with van der Waals surface area (Å²) in [6, 6.07) is 5.14. The number of carbonyl (C=O) groups is 2. The monoisotopic (exact) mass is 219 g/mol. The molecule has 1 aromatic heterocycles. The third kappa shape index (κ3) is 2.56.